The number of hydrogen-bond acceptors (Lipinski definition) is 8. The third-order valence-electron chi connectivity index (χ3n) is 7.66. The molecule has 6 rings (SSSR count). The third kappa shape index (κ3) is 6.84. The Morgan fingerprint density at radius 2 is 1.52 bits per heavy atom. The van der Waals surface area contributed by atoms with E-state index in [1.807, 2.05) is 85.8 Å². The molecule has 1 N–H and O–H groups in total. The molecule has 9 nitrogen and oxygen atoms in total. The average molecular weight is 661 g/mol. The molecule has 0 radical (unpaired) electrons. The van der Waals surface area contributed by atoms with Crippen molar-refractivity contribution in [3.05, 3.63) is 156 Å². The van der Waals surface area contributed by atoms with Crippen molar-refractivity contribution in [2.45, 2.75) is 26.5 Å². The van der Waals surface area contributed by atoms with Crippen molar-refractivity contribution in [1.29, 1.82) is 0 Å². The maximum atomic E-state index is 14.2. The predicted octanol–water partition coefficient (Wildman–Crippen LogP) is 5.61. The maximum absolute atomic E-state index is 14.2. The molecule has 242 valence electrons. The molecule has 0 saturated carbocycles. The van der Waals surface area contributed by atoms with Crippen LogP contribution in [0.15, 0.2) is 118 Å². The van der Waals surface area contributed by atoms with Crippen molar-refractivity contribution in [3.63, 3.8) is 0 Å². The van der Waals surface area contributed by atoms with E-state index in [2.05, 4.69) is 0 Å². The molecule has 0 aliphatic carbocycles. The van der Waals surface area contributed by atoms with E-state index in [0.29, 0.717) is 33.1 Å². The number of carbonyl (C=O) groups is 2. The molecule has 0 unspecified atom stereocenters. The van der Waals surface area contributed by atoms with Crippen LogP contribution in [0.3, 0.4) is 0 Å². The first kappa shape index (κ1) is 32.2. The molecular formula is C38H32N2O7S. The van der Waals surface area contributed by atoms with Crippen LogP contribution in [0.5, 0.6) is 11.5 Å². The van der Waals surface area contributed by atoms with Crippen molar-refractivity contribution in [2.75, 3.05) is 13.2 Å². The second-order valence-corrected chi connectivity index (χ2v) is 11.8. The summed E-state index contributed by atoms with van der Waals surface area (Å²) in [4.78, 5) is 44.3. The molecule has 0 spiro atoms. The van der Waals surface area contributed by atoms with Gasteiger partial charge in [0.25, 0.3) is 5.56 Å². The first-order chi connectivity index (χ1) is 23.4. The second kappa shape index (κ2) is 14.4. The standard InChI is InChI=1S/C38H32N2O7S/c1-3-45-29-20-16-27(17-21-29)34-32(37(44)46-4-2)33(26-8-6-5-7-9-26)39-38-40(34)35(41)31(48-38)22-24-12-18-30(19-13-24)47-23-25-10-14-28(15-11-25)36(42)43/h5-22,34H,3-4,23H2,1-2H3,(H,42,43)/b31-22+/t34-/m1/s1. The minimum Gasteiger partial charge on any atom is -0.494 e. The molecule has 0 fully saturated rings. The normalized spacial score (nSPS) is 14.2. The van der Waals surface area contributed by atoms with Crippen molar-refractivity contribution < 1.29 is 28.9 Å². The summed E-state index contributed by atoms with van der Waals surface area (Å²) in [6.45, 7) is 4.61. The van der Waals surface area contributed by atoms with Gasteiger partial charge in [-0.1, -0.05) is 78.1 Å². The van der Waals surface area contributed by atoms with Gasteiger partial charge in [0.15, 0.2) is 4.80 Å². The number of carbonyl (C=O) groups excluding carboxylic acids is 1. The maximum Gasteiger partial charge on any atom is 0.338 e. The number of esters is 1. The Morgan fingerprint density at radius 3 is 2.17 bits per heavy atom. The number of carboxylic acids is 1. The molecule has 48 heavy (non-hydrogen) atoms. The van der Waals surface area contributed by atoms with Crippen LogP contribution in [0.1, 0.15) is 52.5 Å². The van der Waals surface area contributed by atoms with E-state index < -0.39 is 18.0 Å². The van der Waals surface area contributed by atoms with Gasteiger partial charge in [-0.15, -0.1) is 0 Å². The van der Waals surface area contributed by atoms with Crippen LogP contribution in [0.2, 0.25) is 0 Å². The largest absolute Gasteiger partial charge is 0.494 e. The number of aromatic nitrogens is 1. The van der Waals surface area contributed by atoms with Crippen LogP contribution < -0.4 is 24.4 Å². The fourth-order valence-electron chi connectivity index (χ4n) is 5.39. The zero-order chi connectivity index (χ0) is 33.6. The summed E-state index contributed by atoms with van der Waals surface area (Å²) in [6, 6.07) is 29.9. The molecule has 10 heteroatoms. The first-order valence-electron chi connectivity index (χ1n) is 15.4. The average Bonchev–Trinajstić information content (AvgIpc) is 3.42. The summed E-state index contributed by atoms with van der Waals surface area (Å²) >= 11 is 1.25. The number of aromatic carboxylic acids is 1. The number of carboxylic acid groups (broad SMARTS) is 1. The highest BCUT2D eigenvalue weighted by atomic mass is 32.1. The Labute approximate surface area is 280 Å². The van der Waals surface area contributed by atoms with Gasteiger partial charge >= 0.3 is 11.9 Å². The summed E-state index contributed by atoms with van der Waals surface area (Å²) < 4.78 is 19.1. The van der Waals surface area contributed by atoms with Crippen LogP contribution in [0.25, 0.3) is 11.8 Å². The van der Waals surface area contributed by atoms with Crippen molar-refractivity contribution in [1.82, 2.24) is 4.57 Å². The molecule has 5 aromatic rings. The lowest BCUT2D eigenvalue weighted by molar-refractivity contribution is -0.138. The quantitative estimate of drug-likeness (QED) is 0.183. The Morgan fingerprint density at radius 1 is 0.854 bits per heavy atom. The molecule has 2 heterocycles. The van der Waals surface area contributed by atoms with Crippen LogP contribution in [0.4, 0.5) is 0 Å². The Kier molecular flexibility index (Phi) is 9.63. The van der Waals surface area contributed by atoms with E-state index >= 15 is 0 Å². The summed E-state index contributed by atoms with van der Waals surface area (Å²) in [7, 11) is 0. The van der Waals surface area contributed by atoms with E-state index in [-0.39, 0.29) is 29.9 Å². The van der Waals surface area contributed by atoms with Gasteiger partial charge in [-0.25, -0.2) is 14.6 Å². The number of thiazole rings is 1. The smallest absolute Gasteiger partial charge is 0.338 e. The van der Waals surface area contributed by atoms with Gasteiger partial charge in [0.05, 0.1) is 40.6 Å². The van der Waals surface area contributed by atoms with Gasteiger partial charge in [0, 0.05) is 5.56 Å². The molecule has 1 aliphatic heterocycles. The van der Waals surface area contributed by atoms with E-state index in [1.165, 1.54) is 11.3 Å². The van der Waals surface area contributed by atoms with Crippen molar-refractivity contribution in [2.24, 2.45) is 4.99 Å². The van der Waals surface area contributed by atoms with Gasteiger partial charge < -0.3 is 19.3 Å². The van der Waals surface area contributed by atoms with E-state index in [0.717, 1.165) is 22.3 Å². The monoisotopic (exact) mass is 660 g/mol. The van der Waals surface area contributed by atoms with Gasteiger partial charge in [0.2, 0.25) is 0 Å². The van der Waals surface area contributed by atoms with E-state index in [1.54, 1.807) is 41.8 Å². The number of ether oxygens (including phenoxy) is 3. The van der Waals surface area contributed by atoms with Gasteiger partial charge in [0.1, 0.15) is 18.1 Å². The number of benzene rings is 4. The van der Waals surface area contributed by atoms with E-state index in [9.17, 15) is 14.4 Å². The van der Waals surface area contributed by atoms with Crippen molar-refractivity contribution >= 4 is 35.0 Å². The second-order valence-electron chi connectivity index (χ2n) is 10.8. The highest BCUT2D eigenvalue weighted by Gasteiger charge is 2.35. The van der Waals surface area contributed by atoms with Crippen LogP contribution in [0, 0.1) is 0 Å². The lowest BCUT2D eigenvalue weighted by atomic mass is 9.93. The number of fused-ring (bicyclic) bond motifs is 1. The fraction of sp³-hybridized carbons (Fsp3) is 0.158. The summed E-state index contributed by atoms with van der Waals surface area (Å²) in [5.74, 6) is -0.213. The zero-order valence-corrected chi connectivity index (χ0v) is 27.1. The molecule has 1 aliphatic rings. The van der Waals surface area contributed by atoms with Crippen molar-refractivity contribution in [3.8, 4) is 11.5 Å². The van der Waals surface area contributed by atoms with E-state index in [4.69, 9.17) is 24.3 Å². The topological polar surface area (TPSA) is 116 Å². The summed E-state index contributed by atoms with van der Waals surface area (Å²) in [5.41, 5.74) is 3.75. The Bertz CT molecular complexity index is 2150. The molecule has 0 bridgehead atoms. The third-order valence-corrected chi connectivity index (χ3v) is 8.65. The molecule has 4 aromatic carbocycles. The van der Waals surface area contributed by atoms with Gasteiger partial charge in [-0.2, -0.15) is 0 Å². The highest BCUT2D eigenvalue weighted by Crippen LogP contribution is 2.35. The lowest BCUT2D eigenvalue weighted by Gasteiger charge is -2.26. The van der Waals surface area contributed by atoms with Gasteiger partial charge in [-0.05, 0) is 73.0 Å². The minimum atomic E-state index is -0.978. The van der Waals surface area contributed by atoms with Crippen LogP contribution in [-0.2, 0) is 16.1 Å². The first-order valence-corrected chi connectivity index (χ1v) is 16.2. The Balaban J connectivity index is 1.39. The number of hydrogen-bond donors (Lipinski definition) is 1. The highest BCUT2D eigenvalue weighted by molar-refractivity contribution is 7.07. The number of nitrogens with zero attached hydrogens (tertiary/aromatic N) is 2. The van der Waals surface area contributed by atoms with Gasteiger partial charge in [-0.3, -0.25) is 9.36 Å². The van der Waals surface area contributed by atoms with Crippen LogP contribution >= 0.6 is 11.3 Å². The zero-order valence-electron chi connectivity index (χ0n) is 26.3. The molecule has 0 amide bonds. The fourth-order valence-corrected chi connectivity index (χ4v) is 6.39. The summed E-state index contributed by atoms with van der Waals surface area (Å²) in [6.07, 6.45) is 1.80. The minimum absolute atomic E-state index is 0.168. The Hall–Kier alpha value is -5.74. The predicted molar refractivity (Wildman–Crippen MR) is 183 cm³/mol. The number of rotatable bonds is 11. The lowest BCUT2D eigenvalue weighted by Crippen LogP contribution is -2.40. The van der Waals surface area contributed by atoms with Crippen LogP contribution in [-0.4, -0.2) is 34.8 Å². The molecule has 0 saturated heterocycles. The molecular weight excluding hydrogens is 628 g/mol. The summed E-state index contributed by atoms with van der Waals surface area (Å²) in [5, 5.41) is 9.10. The molecule has 1 aromatic heterocycles. The SMILES string of the molecule is CCOC(=O)C1=C(c2ccccc2)N=c2s/c(=C/c3ccc(OCc4ccc(C(=O)O)cc4)cc3)c(=O)n2[C@@H]1c1ccc(OCC)cc1. The molecule has 1 atom stereocenters.